The molecule has 1 nitrogen and oxygen atoms in total. The summed E-state index contributed by atoms with van der Waals surface area (Å²) in [4.78, 5) is 0. The Morgan fingerprint density at radius 3 is 2.75 bits per heavy atom. The van der Waals surface area contributed by atoms with Crippen molar-refractivity contribution in [3.63, 3.8) is 0 Å². The molecule has 2 aliphatic carbocycles. The number of halogens is 1. The van der Waals surface area contributed by atoms with E-state index in [-0.39, 0.29) is 0 Å². The van der Waals surface area contributed by atoms with E-state index in [1.54, 1.807) is 0 Å². The van der Waals surface area contributed by atoms with E-state index < -0.39 is 0 Å². The molecule has 0 amide bonds. The Kier molecular flexibility index (Phi) is 3.03. The van der Waals surface area contributed by atoms with Crippen molar-refractivity contribution in [3.05, 3.63) is 34.3 Å². The molecule has 0 saturated heterocycles. The van der Waals surface area contributed by atoms with Gasteiger partial charge in [-0.05, 0) is 42.7 Å². The van der Waals surface area contributed by atoms with Crippen LogP contribution in [-0.2, 0) is 6.54 Å². The van der Waals surface area contributed by atoms with Gasteiger partial charge in [0.05, 0.1) is 0 Å². The lowest BCUT2D eigenvalue weighted by Gasteiger charge is -2.23. The Morgan fingerprint density at radius 2 is 2.06 bits per heavy atom. The molecule has 86 valence electrons. The van der Waals surface area contributed by atoms with Gasteiger partial charge in [0.15, 0.2) is 0 Å². The Hall–Kier alpha value is -0.340. The van der Waals surface area contributed by atoms with Gasteiger partial charge in [0.1, 0.15) is 0 Å². The first-order chi connectivity index (χ1) is 7.83. The third-order valence-electron chi connectivity index (χ3n) is 4.25. The highest BCUT2D eigenvalue weighted by molar-refractivity contribution is 9.10. The first-order valence-electron chi connectivity index (χ1n) is 6.29. The Bertz CT molecular complexity index is 377. The van der Waals surface area contributed by atoms with Crippen LogP contribution in [0.25, 0.3) is 0 Å². The minimum Gasteiger partial charge on any atom is -0.310 e. The third-order valence-corrected chi connectivity index (χ3v) is 5.02. The van der Waals surface area contributed by atoms with Crippen LogP contribution in [0.3, 0.4) is 0 Å². The molecule has 3 rings (SSSR count). The van der Waals surface area contributed by atoms with E-state index >= 15 is 0 Å². The normalized spacial score (nSPS) is 32.2. The predicted molar refractivity (Wildman–Crippen MR) is 70.2 cm³/mol. The third kappa shape index (κ3) is 2.05. The number of hydrogen-bond acceptors (Lipinski definition) is 1. The number of hydrogen-bond donors (Lipinski definition) is 1. The fourth-order valence-electron chi connectivity index (χ4n) is 3.38. The van der Waals surface area contributed by atoms with Crippen molar-refractivity contribution >= 4 is 15.9 Å². The van der Waals surface area contributed by atoms with E-state index in [0.29, 0.717) is 0 Å². The van der Waals surface area contributed by atoms with Crippen LogP contribution in [0, 0.1) is 11.8 Å². The van der Waals surface area contributed by atoms with Crippen molar-refractivity contribution in [2.45, 2.75) is 38.3 Å². The lowest BCUT2D eigenvalue weighted by atomic mass is 9.95. The van der Waals surface area contributed by atoms with Crippen LogP contribution >= 0.6 is 15.9 Å². The molecular weight excluding hydrogens is 262 g/mol. The average molecular weight is 280 g/mol. The summed E-state index contributed by atoms with van der Waals surface area (Å²) in [6.45, 7) is 1.01. The highest BCUT2D eigenvalue weighted by Gasteiger charge is 2.38. The van der Waals surface area contributed by atoms with E-state index in [4.69, 9.17) is 0 Å². The highest BCUT2D eigenvalue weighted by Crippen LogP contribution is 2.44. The molecule has 0 spiro atoms. The van der Waals surface area contributed by atoms with Crippen molar-refractivity contribution in [2.24, 2.45) is 11.8 Å². The maximum atomic E-state index is 3.74. The fraction of sp³-hybridized carbons (Fsp3) is 0.571. The van der Waals surface area contributed by atoms with Gasteiger partial charge in [-0.2, -0.15) is 0 Å². The Balaban J connectivity index is 1.59. The van der Waals surface area contributed by atoms with Gasteiger partial charge in [0, 0.05) is 17.1 Å². The average Bonchev–Trinajstić information content (AvgIpc) is 2.90. The summed E-state index contributed by atoms with van der Waals surface area (Å²) in [5.41, 5.74) is 1.38. The van der Waals surface area contributed by atoms with E-state index in [9.17, 15) is 0 Å². The van der Waals surface area contributed by atoms with E-state index in [1.165, 1.54) is 35.7 Å². The molecule has 3 atom stereocenters. The van der Waals surface area contributed by atoms with Crippen LogP contribution < -0.4 is 5.32 Å². The lowest BCUT2D eigenvalue weighted by molar-refractivity contribution is 0.350. The quantitative estimate of drug-likeness (QED) is 0.889. The fourth-order valence-corrected chi connectivity index (χ4v) is 3.80. The first kappa shape index (κ1) is 10.8. The number of nitrogens with one attached hydrogen (secondary N) is 1. The topological polar surface area (TPSA) is 12.0 Å². The van der Waals surface area contributed by atoms with Gasteiger partial charge in [0.2, 0.25) is 0 Å². The molecule has 16 heavy (non-hydrogen) atoms. The SMILES string of the molecule is Brc1ccccc1CNC1CC2CCC1C2. The maximum Gasteiger partial charge on any atom is 0.0220 e. The van der Waals surface area contributed by atoms with Crippen molar-refractivity contribution in [1.29, 1.82) is 0 Å². The second kappa shape index (κ2) is 4.50. The van der Waals surface area contributed by atoms with Crippen LogP contribution in [-0.4, -0.2) is 6.04 Å². The molecule has 1 aromatic carbocycles. The first-order valence-corrected chi connectivity index (χ1v) is 7.09. The molecule has 1 N–H and O–H groups in total. The minimum atomic E-state index is 0.783. The van der Waals surface area contributed by atoms with Crippen molar-refractivity contribution in [1.82, 2.24) is 5.32 Å². The summed E-state index contributed by atoms with van der Waals surface area (Å²) in [7, 11) is 0. The molecule has 2 aliphatic rings. The van der Waals surface area contributed by atoms with Crippen molar-refractivity contribution in [2.75, 3.05) is 0 Å². The van der Waals surface area contributed by atoms with Crippen LogP contribution in [0.4, 0.5) is 0 Å². The molecule has 1 aromatic rings. The molecule has 0 heterocycles. The summed E-state index contributed by atoms with van der Waals surface area (Å²) in [5, 5.41) is 3.74. The zero-order chi connectivity index (χ0) is 11.0. The number of fused-ring (bicyclic) bond motifs is 2. The summed E-state index contributed by atoms with van der Waals surface area (Å²) < 4.78 is 1.23. The maximum absolute atomic E-state index is 3.74. The molecule has 0 radical (unpaired) electrons. The van der Waals surface area contributed by atoms with Gasteiger partial charge in [-0.15, -0.1) is 0 Å². The molecule has 0 aliphatic heterocycles. The second-order valence-electron chi connectivity index (χ2n) is 5.25. The molecule has 2 heteroatoms. The Labute approximate surface area is 106 Å². The van der Waals surface area contributed by atoms with Crippen LogP contribution in [0.2, 0.25) is 0 Å². The predicted octanol–water partition coefficient (Wildman–Crippen LogP) is 3.73. The molecule has 0 aromatic heterocycles. The lowest BCUT2D eigenvalue weighted by Crippen LogP contribution is -2.33. The van der Waals surface area contributed by atoms with Gasteiger partial charge < -0.3 is 5.32 Å². The van der Waals surface area contributed by atoms with Gasteiger partial charge in [-0.1, -0.05) is 40.5 Å². The molecular formula is C14H18BrN. The summed E-state index contributed by atoms with van der Waals surface area (Å²) in [6, 6.07) is 9.29. The molecule has 2 bridgehead atoms. The van der Waals surface area contributed by atoms with Gasteiger partial charge in [-0.3, -0.25) is 0 Å². The zero-order valence-corrected chi connectivity index (χ0v) is 11.0. The van der Waals surface area contributed by atoms with Gasteiger partial charge >= 0.3 is 0 Å². The summed E-state index contributed by atoms with van der Waals surface area (Å²) >= 11 is 3.61. The number of benzene rings is 1. The summed E-state index contributed by atoms with van der Waals surface area (Å²) in [6.07, 6.45) is 5.83. The highest BCUT2D eigenvalue weighted by atomic mass is 79.9. The van der Waals surface area contributed by atoms with Crippen molar-refractivity contribution < 1.29 is 0 Å². The van der Waals surface area contributed by atoms with Gasteiger partial charge in [-0.25, -0.2) is 0 Å². The zero-order valence-electron chi connectivity index (χ0n) is 9.45. The van der Waals surface area contributed by atoms with Crippen LogP contribution in [0.15, 0.2) is 28.7 Å². The van der Waals surface area contributed by atoms with Crippen LogP contribution in [0.1, 0.15) is 31.2 Å². The monoisotopic (exact) mass is 279 g/mol. The molecule has 2 saturated carbocycles. The van der Waals surface area contributed by atoms with Crippen LogP contribution in [0.5, 0.6) is 0 Å². The smallest absolute Gasteiger partial charge is 0.0220 e. The second-order valence-corrected chi connectivity index (χ2v) is 6.11. The van der Waals surface area contributed by atoms with Gasteiger partial charge in [0.25, 0.3) is 0 Å². The van der Waals surface area contributed by atoms with Crippen molar-refractivity contribution in [3.8, 4) is 0 Å². The largest absolute Gasteiger partial charge is 0.310 e. The Morgan fingerprint density at radius 1 is 1.19 bits per heavy atom. The summed E-state index contributed by atoms with van der Waals surface area (Å²) in [5.74, 6) is 1.99. The minimum absolute atomic E-state index is 0.783. The molecule has 3 unspecified atom stereocenters. The van der Waals surface area contributed by atoms with E-state index in [0.717, 1.165) is 24.4 Å². The van der Waals surface area contributed by atoms with E-state index in [2.05, 4.69) is 45.5 Å². The number of rotatable bonds is 3. The standard InChI is InChI=1S/C14H18BrN/c15-13-4-2-1-3-12(13)9-16-14-8-10-5-6-11(14)7-10/h1-4,10-11,14,16H,5-9H2. The molecule has 2 fully saturated rings. The van der Waals surface area contributed by atoms with E-state index in [1.807, 2.05) is 0 Å².